The van der Waals surface area contributed by atoms with Gasteiger partial charge in [0.15, 0.2) is 0 Å². The minimum atomic E-state index is -0.758. The Morgan fingerprint density at radius 3 is 2.60 bits per heavy atom. The lowest BCUT2D eigenvalue weighted by molar-refractivity contribution is -0.205. The van der Waals surface area contributed by atoms with E-state index in [0.29, 0.717) is 6.42 Å². The molecule has 4 aliphatic rings. The zero-order chi connectivity index (χ0) is 17.7. The average Bonchev–Trinajstić information content (AvgIpc) is 3.29. The zero-order valence-electron chi connectivity index (χ0n) is 15.0. The van der Waals surface area contributed by atoms with Crippen molar-refractivity contribution < 1.29 is 23.5 Å². The van der Waals surface area contributed by atoms with Crippen LogP contribution in [0.3, 0.4) is 0 Å². The van der Waals surface area contributed by atoms with Gasteiger partial charge in [-0.25, -0.2) is 0 Å². The van der Waals surface area contributed by atoms with Gasteiger partial charge in [-0.1, -0.05) is 13.8 Å². The highest BCUT2D eigenvalue weighted by molar-refractivity contribution is 5.88. The number of cyclic esters (lactones) is 1. The molecule has 0 radical (unpaired) electrons. The van der Waals surface area contributed by atoms with Crippen molar-refractivity contribution in [1.29, 1.82) is 0 Å². The van der Waals surface area contributed by atoms with Crippen molar-refractivity contribution in [3.05, 3.63) is 24.2 Å². The van der Waals surface area contributed by atoms with Gasteiger partial charge in [-0.05, 0) is 44.6 Å². The molecule has 134 valence electrons. The molecule has 5 rings (SSSR count). The molecule has 2 unspecified atom stereocenters. The summed E-state index contributed by atoms with van der Waals surface area (Å²) in [4.78, 5) is 26.1. The van der Waals surface area contributed by atoms with Crippen LogP contribution in [-0.2, 0) is 19.1 Å². The minimum Gasteiger partial charge on any atom is -0.472 e. The Hall–Kier alpha value is -1.78. The fraction of sp³-hybridized carbons (Fsp3) is 0.700. The summed E-state index contributed by atoms with van der Waals surface area (Å²) < 4.78 is 17.2. The molecule has 25 heavy (non-hydrogen) atoms. The molecule has 0 aromatic carbocycles. The largest absolute Gasteiger partial charge is 0.472 e. The molecule has 2 saturated heterocycles. The number of furan rings is 1. The Kier molecular flexibility index (Phi) is 2.66. The molecule has 3 heterocycles. The minimum absolute atomic E-state index is 0.123. The molecule has 6 atom stereocenters. The number of carbonyl (C=O) groups is 2. The molecule has 2 bridgehead atoms. The first-order chi connectivity index (χ1) is 11.8. The van der Waals surface area contributed by atoms with E-state index in [-0.39, 0.29) is 29.4 Å². The summed E-state index contributed by atoms with van der Waals surface area (Å²) in [5.74, 6) is -0.205. The predicted octanol–water partition coefficient (Wildman–Crippen LogP) is 3.79. The molecule has 2 saturated carbocycles. The number of rotatable bonds is 1. The number of hydrogen-bond donors (Lipinski definition) is 0. The lowest BCUT2D eigenvalue weighted by Crippen LogP contribution is -2.63. The molecule has 1 aromatic rings. The van der Waals surface area contributed by atoms with E-state index in [1.54, 1.807) is 12.5 Å². The third kappa shape index (κ3) is 1.38. The average molecular weight is 344 g/mol. The zero-order valence-corrected chi connectivity index (χ0v) is 15.0. The van der Waals surface area contributed by atoms with E-state index in [4.69, 9.17) is 13.9 Å². The van der Waals surface area contributed by atoms with E-state index >= 15 is 0 Å². The third-order valence-corrected chi connectivity index (χ3v) is 8.48. The number of hydrogen-bond acceptors (Lipinski definition) is 5. The number of carbonyl (C=O) groups excluding carboxylic acids is 2. The van der Waals surface area contributed by atoms with Gasteiger partial charge in [0.05, 0.1) is 17.9 Å². The lowest BCUT2D eigenvalue weighted by Gasteiger charge is -2.55. The Balaban J connectivity index is 1.68. The molecular weight excluding hydrogens is 320 g/mol. The molecule has 2 aliphatic heterocycles. The van der Waals surface area contributed by atoms with Crippen LogP contribution in [0.2, 0.25) is 0 Å². The summed E-state index contributed by atoms with van der Waals surface area (Å²) in [6, 6.07) is 1.85. The van der Waals surface area contributed by atoms with E-state index in [1.165, 1.54) is 0 Å². The summed E-state index contributed by atoms with van der Waals surface area (Å²) in [5, 5.41) is 0. The van der Waals surface area contributed by atoms with E-state index in [0.717, 1.165) is 31.2 Å². The van der Waals surface area contributed by atoms with Crippen molar-refractivity contribution in [2.24, 2.45) is 22.2 Å². The van der Waals surface area contributed by atoms with Crippen LogP contribution >= 0.6 is 0 Å². The SMILES string of the molecule is C[C@@H]1CC[C@@]2(C)C3(CC[C@@]2(C)C(=O)O3)[C@@]12CC(c1ccoc1)OC2=O. The van der Waals surface area contributed by atoms with Gasteiger partial charge in [-0.2, -0.15) is 0 Å². The Morgan fingerprint density at radius 1 is 1.12 bits per heavy atom. The topological polar surface area (TPSA) is 65.7 Å². The van der Waals surface area contributed by atoms with E-state index in [9.17, 15) is 9.59 Å². The molecule has 1 aromatic heterocycles. The third-order valence-electron chi connectivity index (χ3n) is 8.48. The Labute approximate surface area is 147 Å². The standard InChI is InChI=1S/C20H24O5/c1-12-4-6-18(3)17(2)7-8-20(18,25-15(17)21)19(12)10-14(24-16(19)22)13-5-9-23-11-13/h5,9,11-12,14H,4,6-8,10H2,1-3H3/t12-,14?,17+,18-,19+,20?/m1/s1. The van der Waals surface area contributed by atoms with Crippen LogP contribution in [0.15, 0.2) is 23.0 Å². The van der Waals surface area contributed by atoms with Gasteiger partial charge >= 0.3 is 11.9 Å². The van der Waals surface area contributed by atoms with Crippen LogP contribution in [0.5, 0.6) is 0 Å². The van der Waals surface area contributed by atoms with Crippen molar-refractivity contribution in [3.8, 4) is 0 Å². The van der Waals surface area contributed by atoms with Crippen LogP contribution < -0.4 is 0 Å². The fourth-order valence-corrected chi connectivity index (χ4v) is 6.65. The van der Waals surface area contributed by atoms with Crippen LogP contribution in [-0.4, -0.2) is 17.5 Å². The maximum Gasteiger partial charge on any atom is 0.317 e. The molecule has 1 spiro atoms. The first kappa shape index (κ1) is 15.5. The Morgan fingerprint density at radius 2 is 1.92 bits per heavy atom. The second kappa shape index (κ2) is 4.30. The first-order valence-electron chi connectivity index (χ1n) is 9.27. The predicted molar refractivity (Wildman–Crippen MR) is 87.3 cm³/mol. The summed E-state index contributed by atoms with van der Waals surface area (Å²) in [6.07, 6.45) is 6.86. The van der Waals surface area contributed by atoms with Gasteiger partial charge in [-0.15, -0.1) is 0 Å². The van der Waals surface area contributed by atoms with E-state index < -0.39 is 16.4 Å². The Bertz CT molecular complexity index is 769. The normalized spacial score (nSPS) is 50.8. The van der Waals surface area contributed by atoms with Crippen molar-refractivity contribution in [1.82, 2.24) is 0 Å². The highest BCUT2D eigenvalue weighted by Gasteiger charge is 2.85. The van der Waals surface area contributed by atoms with Gasteiger partial charge in [0, 0.05) is 17.4 Å². The molecule has 2 aliphatic carbocycles. The first-order valence-corrected chi connectivity index (χ1v) is 9.27. The summed E-state index contributed by atoms with van der Waals surface area (Å²) >= 11 is 0. The summed E-state index contributed by atoms with van der Waals surface area (Å²) in [7, 11) is 0. The van der Waals surface area contributed by atoms with E-state index in [2.05, 4.69) is 13.8 Å². The molecule has 0 N–H and O–H groups in total. The number of ether oxygens (including phenoxy) is 2. The smallest absolute Gasteiger partial charge is 0.317 e. The molecule has 5 heteroatoms. The van der Waals surface area contributed by atoms with Crippen molar-refractivity contribution >= 4 is 11.9 Å². The maximum atomic E-state index is 13.3. The van der Waals surface area contributed by atoms with Gasteiger partial charge in [-0.3, -0.25) is 9.59 Å². The summed E-state index contributed by atoms with van der Waals surface area (Å²) in [6.45, 7) is 6.31. The summed E-state index contributed by atoms with van der Waals surface area (Å²) in [5.41, 5.74) is -1.42. The second-order valence-electron chi connectivity index (χ2n) is 8.95. The highest BCUT2D eigenvalue weighted by atomic mass is 16.6. The van der Waals surface area contributed by atoms with Gasteiger partial charge in [0.2, 0.25) is 0 Å². The fourth-order valence-electron chi connectivity index (χ4n) is 6.65. The van der Waals surface area contributed by atoms with Crippen LogP contribution in [0.4, 0.5) is 0 Å². The van der Waals surface area contributed by atoms with Crippen LogP contribution in [0.1, 0.15) is 64.5 Å². The monoisotopic (exact) mass is 344 g/mol. The van der Waals surface area contributed by atoms with Gasteiger partial charge < -0.3 is 13.9 Å². The van der Waals surface area contributed by atoms with Gasteiger partial charge in [0.25, 0.3) is 0 Å². The molecule has 4 fully saturated rings. The quantitative estimate of drug-likeness (QED) is 0.725. The van der Waals surface area contributed by atoms with Gasteiger partial charge in [0.1, 0.15) is 17.1 Å². The van der Waals surface area contributed by atoms with Crippen molar-refractivity contribution in [2.75, 3.05) is 0 Å². The molecule has 0 amide bonds. The highest BCUT2D eigenvalue weighted by Crippen LogP contribution is 2.78. The van der Waals surface area contributed by atoms with Crippen molar-refractivity contribution in [2.45, 2.75) is 64.6 Å². The number of esters is 2. The molecular formula is C20H24O5. The van der Waals surface area contributed by atoms with Crippen molar-refractivity contribution in [3.63, 3.8) is 0 Å². The second-order valence-corrected chi connectivity index (χ2v) is 8.95. The van der Waals surface area contributed by atoms with Crippen LogP contribution in [0, 0.1) is 22.2 Å². The molecule has 5 nitrogen and oxygen atoms in total. The van der Waals surface area contributed by atoms with Crippen LogP contribution in [0.25, 0.3) is 0 Å². The maximum absolute atomic E-state index is 13.3. The van der Waals surface area contributed by atoms with E-state index in [1.807, 2.05) is 13.0 Å². The lowest BCUT2D eigenvalue weighted by atomic mass is 9.46.